The normalized spacial score (nSPS) is 16.2. The predicted octanol–water partition coefficient (Wildman–Crippen LogP) is 4.62. The molecular formula is C22H22F3N5O2S. The Labute approximate surface area is 189 Å². The molecule has 1 atom stereocenters. The second kappa shape index (κ2) is 8.43. The first-order chi connectivity index (χ1) is 15.5. The van der Waals surface area contributed by atoms with Gasteiger partial charge in [0.1, 0.15) is 22.7 Å². The van der Waals surface area contributed by atoms with Crippen LogP contribution in [0, 0.1) is 18.3 Å². The molecule has 2 aromatic heterocycles. The van der Waals surface area contributed by atoms with Crippen LogP contribution in [0.15, 0.2) is 35.5 Å². The zero-order valence-corrected chi connectivity index (χ0v) is 18.8. The maximum atomic E-state index is 12.8. The Hall–Kier alpha value is -2.97. The monoisotopic (exact) mass is 477 g/mol. The minimum Gasteiger partial charge on any atom is -0.334 e. The van der Waals surface area contributed by atoms with E-state index in [4.69, 9.17) is 0 Å². The minimum atomic E-state index is -4.73. The van der Waals surface area contributed by atoms with Gasteiger partial charge in [-0.2, -0.15) is 23.2 Å². The molecule has 7 nitrogen and oxygen atoms in total. The lowest BCUT2D eigenvalue weighted by Crippen LogP contribution is -2.43. The van der Waals surface area contributed by atoms with Crippen molar-refractivity contribution in [2.45, 2.75) is 62.7 Å². The van der Waals surface area contributed by atoms with E-state index >= 15 is 0 Å². The summed E-state index contributed by atoms with van der Waals surface area (Å²) in [7, 11) is -4.48. The van der Waals surface area contributed by atoms with Crippen molar-refractivity contribution >= 4 is 20.9 Å². The van der Waals surface area contributed by atoms with Crippen LogP contribution in [0.1, 0.15) is 49.8 Å². The summed E-state index contributed by atoms with van der Waals surface area (Å²) in [5.74, 6) is 0.148. The summed E-state index contributed by atoms with van der Waals surface area (Å²) in [5.41, 5.74) is 2.79. The van der Waals surface area contributed by atoms with Crippen molar-refractivity contribution in [3.05, 3.63) is 41.7 Å². The molecule has 0 amide bonds. The summed E-state index contributed by atoms with van der Waals surface area (Å²) in [4.78, 5) is 7.83. The smallest absolute Gasteiger partial charge is 0.334 e. The Morgan fingerprint density at radius 3 is 2.42 bits per heavy atom. The summed E-state index contributed by atoms with van der Waals surface area (Å²) in [6, 6.07) is 5.90. The van der Waals surface area contributed by atoms with Crippen LogP contribution >= 0.6 is 0 Å². The number of hydrogen-bond acceptors (Lipinski definition) is 5. The first-order valence-electron chi connectivity index (χ1n) is 10.5. The third-order valence-corrected chi connectivity index (χ3v) is 7.43. The summed E-state index contributed by atoms with van der Waals surface area (Å²) < 4.78 is 66.8. The fourth-order valence-electron chi connectivity index (χ4n) is 4.24. The number of aryl methyl sites for hydroxylation is 1. The molecule has 1 saturated carbocycles. The van der Waals surface area contributed by atoms with E-state index < -0.39 is 27.1 Å². The molecule has 0 radical (unpaired) electrons. The zero-order chi connectivity index (χ0) is 24.0. The number of fused-ring (bicyclic) bond motifs is 1. The Kier molecular flexibility index (Phi) is 5.92. The Morgan fingerprint density at radius 2 is 1.85 bits per heavy atom. The molecule has 0 bridgehead atoms. The lowest BCUT2D eigenvalue weighted by atomic mass is 10.1. The average Bonchev–Trinajstić information content (AvgIpc) is 3.38. The number of sulfonamides is 1. The SMILES string of the molecule is Cc1ccc2c(C#N)c(-c3ncc(S(=O)(=O)N[C@@H](C)C(F)(F)F)cn3)n(C3CCCC3)c2c1. The van der Waals surface area contributed by atoms with E-state index in [-0.39, 0.29) is 11.9 Å². The molecule has 1 aliphatic rings. The van der Waals surface area contributed by atoms with Gasteiger partial charge in [0.2, 0.25) is 10.0 Å². The lowest BCUT2D eigenvalue weighted by Gasteiger charge is -2.18. The van der Waals surface area contributed by atoms with Gasteiger partial charge in [0.05, 0.1) is 23.5 Å². The Morgan fingerprint density at radius 1 is 1.21 bits per heavy atom. The van der Waals surface area contributed by atoms with Gasteiger partial charge < -0.3 is 4.57 Å². The number of alkyl halides is 3. The van der Waals surface area contributed by atoms with Gasteiger partial charge >= 0.3 is 6.18 Å². The highest BCUT2D eigenvalue weighted by molar-refractivity contribution is 7.89. The molecule has 1 N–H and O–H groups in total. The van der Waals surface area contributed by atoms with E-state index in [1.54, 1.807) is 4.72 Å². The Balaban J connectivity index is 1.81. The van der Waals surface area contributed by atoms with Crippen LogP contribution in [-0.2, 0) is 10.0 Å². The maximum Gasteiger partial charge on any atom is 0.404 e. The number of halogens is 3. The summed E-state index contributed by atoms with van der Waals surface area (Å²) in [5, 5.41) is 10.7. The van der Waals surface area contributed by atoms with Crippen molar-refractivity contribution in [1.29, 1.82) is 5.26 Å². The second-order valence-electron chi connectivity index (χ2n) is 8.29. The fraction of sp³-hybridized carbons (Fsp3) is 0.409. The van der Waals surface area contributed by atoms with E-state index in [1.165, 1.54) is 0 Å². The molecule has 174 valence electrons. The van der Waals surface area contributed by atoms with Crippen molar-refractivity contribution in [3.63, 3.8) is 0 Å². The van der Waals surface area contributed by atoms with Gasteiger partial charge in [-0.1, -0.05) is 25.0 Å². The van der Waals surface area contributed by atoms with Crippen molar-refractivity contribution in [2.75, 3.05) is 0 Å². The molecule has 1 aromatic carbocycles. The first kappa shape index (κ1) is 23.2. The number of nitriles is 1. The number of benzene rings is 1. The molecule has 1 fully saturated rings. The molecule has 2 heterocycles. The van der Waals surface area contributed by atoms with E-state index in [0.29, 0.717) is 18.2 Å². The van der Waals surface area contributed by atoms with Gasteiger partial charge in [-0.15, -0.1) is 0 Å². The molecule has 0 unspecified atom stereocenters. The highest BCUT2D eigenvalue weighted by Gasteiger charge is 2.39. The summed E-state index contributed by atoms with van der Waals surface area (Å²) in [6.45, 7) is 2.68. The predicted molar refractivity (Wildman–Crippen MR) is 116 cm³/mol. The topological polar surface area (TPSA) is 101 Å². The van der Waals surface area contributed by atoms with E-state index in [2.05, 4.69) is 20.6 Å². The molecular weight excluding hydrogens is 455 g/mol. The number of aromatic nitrogens is 3. The fourth-order valence-corrected chi connectivity index (χ4v) is 5.36. The summed E-state index contributed by atoms with van der Waals surface area (Å²) >= 11 is 0. The quantitative estimate of drug-likeness (QED) is 0.578. The highest BCUT2D eigenvalue weighted by atomic mass is 32.2. The minimum absolute atomic E-state index is 0.146. The van der Waals surface area contributed by atoms with Crippen LogP contribution in [0.3, 0.4) is 0 Å². The molecule has 11 heteroatoms. The molecule has 4 rings (SSSR count). The first-order valence-corrected chi connectivity index (χ1v) is 12.0. The third kappa shape index (κ3) is 4.32. The van der Waals surface area contributed by atoms with Gasteiger partial charge in [0.25, 0.3) is 0 Å². The molecule has 1 aliphatic carbocycles. The van der Waals surface area contributed by atoms with Gasteiger partial charge in [-0.3, -0.25) is 0 Å². The van der Waals surface area contributed by atoms with Gasteiger partial charge in [0.15, 0.2) is 5.82 Å². The third-order valence-electron chi connectivity index (χ3n) is 5.93. The largest absolute Gasteiger partial charge is 0.404 e. The van der Waals surface area contributed by atoms with Crippen molar-refractivity contribution in [1.82, 2.24) is 19.3 Å². The number of hydrogen-bond donors (Lipinski definition) is 1. The highest BCUT2D eigenvalue weighted by Crippen LogP contribution is 2.40. The van der Waals surface area contributed by atoms with Gasteiger partial charge in [-0.25, -0.2) is 18.4 Å². The van der Waals surface area contributed by atoms with Crippen LogP contribution in [-0.4, -0.2) is 35.2 Å². The Bertz CT molecular complexity index is 1340. The molecule has 0 spiro atoms. The zero-order valence-electron chi connectivity index (χ0n) is 18.0. The van der Waals surface area contributed by atoms with Crippen LogP contribution in [0.2, 0.25) is 0 Å². The van der Waals surface area contributed by atoms with Crippen LogP contribution in [0.25, 0.3) is 22.4 Å². The van der Waals surface area contributed by atoms with Gasteiger partial charge in [0, 0.05) is 11.4 Å². The van der Waals surface area contributed by atoms with Crippen molar-refractivity contribution in [3.8, 4) is 17.6 Å². The van der Waals surface area contributed by atoms with Crippen molar-refractivity contribution < 1.29 is 21.6 Å². The van der Waals surface area contributed by atoms with Crippen LogP contribution in [0.5, 0.6) is 0 Å². The average molecular weight is 478 g/mol. The van der Waals surface area contributed by atoms with E-state index in [9.17, 15) is 26.9 Å². The number of rotatable bonds is 5. The van der Waals surface area contributed by atoms with Crippen LogP contribution in [0.4, 0.5) is 13.2 Å². The lowest BCUT2D eigenvalue weighted by molar-refractivity contribution is -0.147. The molecule has 0 saturated heterocycles. The molecule has 3 aromatic rings. The van der Waals surface area contributed by atoms with E-state index in [1.807, 2.05) is 25.1 Å². The van der Waals surface area contributed by atoms with Gasteiger partial charge in [-0.05, 0) is 38.3 Å². The van der Waals surface area contributed by atoms with Crippen LogP contribution < -0.4 is 4.72 Å². The van der Waals surface area contributed by atoms with Crippen molar-refractivity contribution in [2.24, 2.45) is 0 Å². The molecule has 33 heavy (non-hydrogen) atoms. The number of nitrogens with zero attached hydrogens (tertiary/aromatic N) is 4. The maximum absolute atomic E-state index is 12.8. The second-order valence-corrected chi connectivity index (χ2v) is 10.0. The van der Waals surface area contributed by atoms with E-state index in [0.717, 1.165) is 54.5 Å². The molecule has 0 aliphatic heterocycles. The summed E-state index contributed by atoms with van der Waals surface area (Å²) in [6.07, 6.45) is 1.18. The standard InChI is InChI=1S/C22H22F3N5O2S/c1-13-7-8-17-18(10-26)20(30(19(17)9-13)15-5-3-4-6-15)21-27-11-16(12-28-21)33(31,32)29-14(2)22(23,24)25/h7-9,11-12,14-15,29H,3-6H2,1-2H3/t14-/m0/s1. The number of nitrogens with one attached hydrogen (secondary N) is 1.